The van der Waals surface area contributed by atoms with Gasteiger partial charge in [-0.25, -0.2) is 0 Å². The van der Waals surface area contributed by atoms with Crippen LogP contribution in [0.1, 0.15) is 33.6 Å². The molecule has 0 fully saturated rings. The molecule has 1 unspecified atom stereocenters. The molecule has 0 aromatic heterocycles. The molecular formula is C15H24N2O2. The molecule has 0 saturated heterocycles. The van der Waals surface area contributed by atoms with Gasteiger partial charge in [-0.15, -0.1) is 0 Å². The number of amides is 1. The van der Waals surface area contributed by atoms with Gasteiger partial charge in [0.25, 0.3) is 0 Å². The maximum Gasteiger partial charge on any atom is 0.241 e. The summed E-state index contributed by atoms with van der Waals surface area (Å²) in [6.45, 7) is 6.79. The minimum atomic E-state index is -0.469. The molecule has 1 rings (SSSR count). The van der Waals surface area contributed by atoms with Crippen LogP contribution in [0.25, 0.3) is 0 Å². The van der Waals surface area contributed by atoms with Crippen LogP contribution in [0, 0.1) is 5.92 Å². The SMILES string of the molecule is CCCC(N)C(=O)Nc1ccccc1OCC(C)C. The smallest absolute Gasteiger partial charge is 0.241 e. The topological polar surface area (TPSA) is 64.4 Å². The van der Waals surface area contributed by atoms with Crippen LogP contribution in [0.15, 0.2) is 24.3 Å². The first-order valence-corrected chi connectivity index (χ1v) is 6.82. The van der Waals surface area contributed by atoms with Crippen LogP contribution < -0.4 is 15.8 Å². The molecule has 1 aromatic carbocycles. The number of carbonyl (C=O) groups is 1. The lowest BCUT2D eigenvalue weighted by atomic mass is 10.1. The lowest BCUT2D eigenvalue weighted by molar-refractivity contribution is -0.117. The molecule has 4 heteroatoms. The molecule has 1 atom stereocenters. The van der Waals surface area contributed by atoms with Crippen LogP contribution in [-0.4, -0.2) is 18.6 Å². The maximum absolute atomic E-state index is 11.9. The number of para-hydroxylation sites is 2. The number of hydrogen-bond acceptors (Lipinski definition) is 3. The number of ether oxygens (including phenoxy) is 1. The van der Waals surface area contributed by atoms with Crippen molar-refractivity contribution in [1.29, 1.82) is 0 Å². The Morgan fingerprint density at radius 2 is 2.05 bits per heavy atom. The van der Waals surface area contributed by atoms with Gasteiger partial charge in [-0.1, -0.05) is 39.3 Å². The van der Waals surface area contributed by atoms with Gasteiger partial charge in [-0.3, -0.25) is 4.79 Å². The van der Waals surface area contributed by atoms with Gasteiger partial charge < -0.3 is 15.8 Å². The lowest BCUT2D eigenvalue weighted by Gasteiger charge is -2.15. The van der Waals surface area contributed by atoms with E-state index in [1.165, 1.54) is 0 Å². The maximum atomic E-state index is 11.9. The van der Waals surface area contributed by atoms with Gasteiger partial charge in [0.1, 0.15) is 5.75 Å². The highest BCUT2D eigenvalue weighted by atomic mass is 16.5. The van der Waals surface area contributed by atoms with Crippen molar-refractivity contribution in [3.63, 3.8) is 0 Å². The highest BCUT2D eigenvalue weighted by Gasteiger charge is 2.14. The normalized spacial score (nSPS) is 12.3. The Bertz CT molecular complexity index is 405. The van der Waals surface area contributed by atoms with E-state index in [2.05, 4.69) is 19.2 Å². The van der Waals surface area contributed by atoms with E-state index in [-0.39, 0.29) is 5.91 Å². The summed E-state index contributed by atoms with van der Waals surface area (Å²) in [4.78, 5) is 11.9. The summed E-state index contributed by atoms with van der Waals surface area (Å²) < 4.78 is 5.68. The van der Waals surface area contributed by atoms with E-state index in [9.17, 15) is 4.79 Å². The monoisotopic (exact) mass is 264 g/mol. The summed E-state index contributed by atoms with van der Waals surface area (Å²) in [5.41, 5.74) is 6.48. The van der Waals surface area contributed by atoms with Crippen molar-refractivity contribution in [2.24, 2.45) is 11.7 Å². The van der Waals surface area contributed by atoms with Gasteiger partial charge in [0, 0.05) is 0 Å². The summed E-state index contributed by atoms with van der Waals surface area (Å²) in [6.07, 6.45) is 1.57. The van der Waals surface area contributed by atoms with Gasteiger partial charge >= 0.3 is 0 Å². The van der Waals surface area contributed by atoms with Crippen molar-refractivity contribution in [1.82, 2.24) is 0 Å². The highest BCUT2D eigenvalue weighted by molar-refractivity contribution is 5.95. The van der Waals surface area contributed by atoms with E-state index < -0.39 is 6.04 Å². The average Bonchev–Trinajstić information content (AvgIpc) is 2.37. The first kappa shape index (κ1) is 15.5. The highest BCUT2D eigenvalue weighted by Crippen LogP contribution is 2.24. The van der Waals surface area contributed by atoms with E-state index in [1.54, 1.807) is 0 Å². The van der Waals surface area contributed by atoms with Crippen LogP contribution in [0.5, 0.6) is 5.75 Å². The Morgan fingerprint density at radius 1 is 1.37 bits per heavy atom. The molecule has 0 aliphatic carbocycles. The molecule has 1 aromatic rings. The molecule has 0 radical (unpaired) electrons. The van der Waals surface area contributed by atoms with Crippen LogP contribution in [0.4, 0.5) is 5.69 Å². The molecule has 0 aliphatic heterocycles. The van der Waals surface area contributed by atoms with E-state index in [0.29, 0.717) is 30.4 Å². The van der Waals surface area contributed by atoms with E-state index in [0.717, 1.165) is 6.42 Å². The second-order valence-corrected chi connectivity index (χ2v) is 5.09. The Morgan fingerprint density at radius 3 is 2.68 bits per heavy atom. The first-order valence-electron chi connectivity index (χ1n) is 6.82. The zero-order chi connectivity index (χ0) is 14.3. The van der Waals surface area contributed by atoms with Gasteiger partial charge in [0.05, 0.1) is 18.3 Å². The largest absolute Gasteiger partial charge is 0.491 e. The Labute approximate surface area is 115 Å². The summed E-state index contributed by atoms with van der Waals surface area (Å²) in [7, 11) is 0. The van der Waals surface area contributed by atoms with Crippen molar-refractivity contribution >= 4 is 11.6 Å². The molecular weight excluding hydrogens is 240 g/mol. The van der Waals surface area contributed by atoms with Crippen molar-refractivity contribution in [3.8, 4) is 5.75 Å². The van der Waals surface area contributed by atoms with Crippen molar-refractivity contribution in [2.45, 2.75) is 39.7 Å². The standard InChI is InChI=1S/C15H24N2O2/c1-4-7-12(16)15(18)17-13-8-5-6-9-14(13)19-10-11(2)3/h5-6,8-9,11-12H,4,7,10,16H2,1-3H3,(H,17,18). The number of hydrogen-bond donors (Lipinski definition) is 2. The van der Waals surface area contributed by atoms with Crippen molar-refractivity contribution in [3.05, 3.63) is 24.3 Å². The number of benzene rings is 1. The fourth-order valence-corrected chi connectivity index (χ4v) is 1.62. The lowest BCUT2D eigenvalue weighted by Crippen LogP contribution is -2.35. The number of anilines is 1. The molecule has 0 aliphatic rings. The van der Waals surface area contributed by atoms with Crippen LogP contribution in [0.2, 0.25) is 0 Å². The number of carbonyl (C=O) groups excluding carboxylic acids is 1. The summed E-state index contributed by atoms with van der Waals surface area (Å²) >= 11 is 0. The van der Waals surface area contributed by atoms with E-state index >= 15 is 0 Å². The third-order valence-corrected chi connectivity index (χ3v) is 2.65. The van der Waals surface area contributed by atoms with Crippen LogP contribution in [0.3, 0.4) is 0 Å². The third-order valence-electron chi connectivity index (χ3n) is 2.65. The Hall–Kier alpha value is -1.55. The summed E-state index contributed by atoms with van der Waals surface area (Å²) in [5, 5.41) is 2.83. The van der Waals surface area contributed by atoms with Crippen molar-refractivity contribution < 1.29 is 9.53 Å². The number of rotatable bonds is 7. The molecule has 0 spiro atoms. The van der Waals surface area contributed by atoms with E-state index in [1.807, 2.05) is 31.2 Å². The minimum absolute atomic E-state index is 0.164. The fourth-order valence-electron chi connectivity index (χ4n) is 1.62. The summed E-state index contributed by atoms with van der Waals surface area (Å²) in [6, 6.07) is 6.96. The number of nitrogens with two attached hydrogens (primary N) is 1. The zero-order valence-electron chi connectivity index (χ0n) is 12.0. The zero-order valence-corrected chi connectivity index (χ0v) is 12.0. The predicted molar refractivity (Wildman–Crippen MR) is 78.3 cm³/mol. The molecule has 0 bridgehead atoms. The molecule has 4 nitrogen and oxygen atoms in total. The molecule has 106 valence electrons. The molecule has 19 heavy (non-hydrogen) atoms. The van der Waals surface area contributed by atoms with Crippen molar-refractivity contribution in [2.75, 3.05) is 11.9 Å². The Kier molecular flexibility index (Phi) is 6.36. The van der Waals surface area contributed by atoms with Gasteiger partial charge in [0.15, 0.2) is 0 Å². The van der Waals surface area contributed by atoms with Gasteiger partial charge in [-0.2, -0.15) is 0 Å². The molecule has 0 saturated carbocycles. The third kappa shape index (κ3) is 5.30. The molecule has 0 heterocycles. The predicted octanol–water partition coefficient (Wildman–Crippen LogP) is 2.79. The quantitative estimate of drug-likeness (QED) is 0.796. The second kappa shape index (κ2) is 7.79. The van der Waals surface area contributed by atoms with Crippen LogP contribution in [-0.2, 0) is 4.79 Å². The first-order chi connectivity index (χ1) is 9.04. The fraction of sp³-hybridized carbons (Fsp3) is 0.533. The minimum Gasteiger partial charge on any atom is -0.491 e. The van der Waals surface area contributed by atoms with Gasteiger partial charge in [-0.05, 0) is 24.5 Å². The molecule has 1 amide bonds. The second-order valence-electron chi connectivity index (χ2n) is 5.09. The average molecular weight is 264 g/mol. The van der Waals surface area contributed by atoms with Crippen LogP contribution >= 0.6 is 0 Å². The molecule has 3 N–H and O–H groups in total. The summed E-state index contributed by atoms with van der Waals surface area (Å²) in [5.74, 6) is 0.960. The van der Waals surface area contributed by atoms with Gasteiger partial charge in [0.2, 0.25) is 5.91 Å². The number of nitrogens with one attached hydrogen (secondary N) is 1. The Balaban J connectivity index is 2.69. The van der Waals surface area contributed by atoms with E-state index in [4.69, 9.17) is 10.5 Å².